The molecule has 184 valence electrons. The van der Waals surface area contributed by atoms with Crippen LogP contribution in [0.5, 0.6) is 0 Å². The number of likely N-dealkylation sites (tertiary alicyclic amines) is 1. The first-order chi connectivity index (χ1) is 16.9. The maximum Gasteiger partial charge on any atom is 0.407 e. The Morgan fingerprint density at radius 1 is 1.00 bits per heavy atom. The number of carboxylic acid groups (broad SMARTS) is 1. The standard InChI is InChI=1S/C28H32N2O5/c1-17-20(27(32)33)11-6-14-30(17)26(31)18-12-13-19(15-18)29-28(34)35-16-25-23-9-4-2-7-21(23)22-8-3-5-10-24(22)25/h2-5,7-10,17-20,25H,6,11-16H2,1H3,(H,29,34)(H,32,33)/t17-,18?,19?,20-/m0/s1. The Morgan fingerprint density at radius 3 is 2.31 bits per heavy atom. The summed E-state index contributed by atoms with van der Waals surface area (Å²) in [6.07, 6.45) is 2.82. The first kappa shape index (κ1) is 23.4. The fourth-order valence-electron chi connectivity index (χ4n) is 6.16. The van der Waals surface area contributed by atoms with E-state index in [0.29, 0.717) is 38.6 Å². The first-order valence-electron chi connectivity index (χ1n) is 12.6. The van der Waals surface area contributed by atoms with Gasteiger partial charge in [-0.3, -0.25) is 9.59 Å². The Morgan fingerprint density at radius 2 is 1.66 bits per heavy atom. The molecule has 2 fully saturated rings. The van der Waals surface area contributed by atoms with Crippen LogP contribution in [0.4, 0.5) is 4.79 Å². The fraction of sp³-hybridized carbons (Fsp3) is 0.464. The zero-order valence-electron chi connectivity index (χ0n) is 20.0. The van der Waals surface area contributed by atoms with Crippen molar-refractivity contribution in [1.29, 1.82) is 0 Å². The van der Waals surface area contributed by atoms with Crippen LogP contribution >= 0.6 is 0 Å². The van der Waals surface area contributed by atoms with Crippen molar-refractivity contribution >= 4 is 18.0 Å². The van der Waals surface area contributed by atoms with Gasteiger partial charge in [0.1, 0.15) is 6.61 Å². The van der Waals surface area contributed by atoms with Crippen molar-refractivity contribution < 1.29 is 24.2 Å². The number of hydrogen-bond acceptors (Lipinski definition) is 4. The van der Waals surface area contributed by atoms with Gasteiger partial charge in [-0.25, -0.2) is 4.79 Å². The molecule has 1 saturated heterocycles. The van der Waals surface area contributed by atoms with Crippen molar-refractivity contribution in [1.82, 2.24) is 10.2 Å². The predicted octanol–water partition coefficient (Wildman–Crippen LogP) is 4.41. The Hall–Kier alpha value is -3.35. The van der Waals surface area contributed by atoms with Crippen LogP contribution in [0.1, 0.15) is 56.1 Å². The van der Waals surface area contributed by atoms with Gasteiger partial charge >= 0.3 is 12.1 Å². The molecule has 2 N–H and O–H groups in total. The molecule has 7 heteroatoms. The van der Waals surface area contributed by atoms with Crippen LogP contribution < -0.4 is 5.32 Å². The number of hydrogen-bond donors (Lipinski definition) is 2. The topological polar surface area (TPSA) is 95.9 Å². The van der Waals surface area contributed by atoms with Crippen LogP contribution in [0.3, 0.4) is 0 Å². The number of rotatable bonds is 5. The number of carbonyl (C=O) groups is 3. The number of piperidine rings is 1. The summed E-state index contributed by atoms with van der Waals surface area (Å²) in [6.45, 7) is 2.69. The zero-order valence-corrected chi connectivity index (χ0v) is 20.0. The number of nitrogens with zero attached hydrogens (tertiary/aromatic N) is 1. The summed E-state index contributed by atoms with van der Waals surface area (Å²) in [5.74, 6) is -1.52. The number of fused-ring (bicyclic) bond motifs is 3. The molecule has 4 atom stereocenters. The average molecular weight is 477 g/mol. The van der Waals surface area contributed by atoms with E-state index >= 15 is 0 Å². The number of carboxylic acids is 1. The summed E-state index contributed by atoms with van der Waals surface area (Å²) >= 11 is 0. The van der Waals surface area contributed by atoms with Crippen molar-refractivity contribution in [3.63, 3.8) is 0 Å². The number of carbonyl (C=O) groups excluding carboxylic acids is 2. The fourth-order valence-corrected chi connectivity index (χ4v) is 6.16. The smallest absolute Gasteiger partial charge is 0.407 e. The summed E-state index contributed by atoms with van der Waals surface area (Å²) in [7, 11) is 0. The minimum atomic E-state index is -0.837. The van der Waals surface area contributed by atoms with Crippen molar-refractivity contribution in [2.75, 3.05) is 13.2 Å². The van der Waals surface area contributed by atoms with E-state index in [1.165, 1.54) is 22.3 Å². The maximum atomic E-state index is 13.1. The van der Waals surface area contributed by atoms with E-state index in [0.717, 1.165) is 0 Å². The third-order valence-corrected chi connectivity index (χ3v) is 8.04. The largest absolute Gasteiger partial charge is 0.481 e. The van der Waals surface area contributed by atoms with Gasteiger partial charge in [0.15, 0.2) is 0 Å². The quantitative estimate of drug-likeness (QED) is 0.667. The molecule has 1 heterocycles. The number of nitrogens with one attached hydrogen (secondary N) is 1. The molecule has 7 nitrogen and oxygen atoms in total. The molecule has 2 unspecified atom stereocenters. The predicted molar refractivity (Wildman–Crippen MR) is 131 cm³/mol. The van der Waals surface area contributed by atoms with Crippen LogP contribution in [0, 0.1) is 11.8 Å². The molecule has 5 rings (SSSR count). The summed E-state index contributed by atoms with van der Waals surface area (Å²) in [5, 5.41) is 12.4. The number of amides is 2. The van der Waals surface area contributed by atoms with Crippen molar-refractivity contribution in [3.05, 3.63) is 59.7 Å². The number of alkyl carbamates (subject to hydrolysis) is 1. The summed E-state index contributed by atoms with van der Waals surface area (Å²) in [4.78, 5) is 39.0. The molecule has 0 radical (unpaired) electrons. The van der Waals surface area contributed by atoms with Crippen LogP contribution in [0.15, 0.2) is 48.5 Å². The van der Waals surface area contributed by atoms with E-state index in [4.69, 9.17) is 4.74 Å². The monoisotopic (exact) mass is 476 g/mol. The SMILES string of the molecule is C[C@H]1[C@@H](C(=O)O)CCCN1C(=O)C1CCC(NC(=O)OCC2c3ccccc3-c3ccccc32)C1. The van der Waals surface area contributed by atoms with Crippen LogP contribution in [0.2, 0.25) is 0 Å². The highest BCUT2D eigenvalue weighted by atomic mass is 16.5. The molecular formula is C28H32N2O5. The van der Waals surface area contributed by atoms with E-state index in [1.807, 2.05) is 31.2 Å². The van der Waals surface area contributed by atoms with Crippen LogP contribution in [-0.4, -0.2) is 53.2 Å². The van der Waals surface area contributed by atoms with Gasteiger partial charge in [0, 0.05) is 30.5 Å². The summed E-state index contributed by atoms with van der Waals surface area (Å²) in [5.41, 5.74) is 4.71. The maximum absolute atomic E-state index is 13.1. The summed E-state index contributed by atoms with van der Waals surface area (Å²) < 4.78 is 5.66. The van der Waals surface area contributed by atoms with E-state index < -0.39 is 18.0 Å². The minimum absolute atomic E-state index is 0.00817. The third kappa shape index (κ3) is 4.51. The van der Waals surface area contributed by atoms with E-state index in [1.54, 1.807) is 4.90 Å². The van der Waals surface area contributed by atoms with Crippen LogP contribution in [-0.2, 0) is 14.3 Å². The second-order valence-corrected chi connectivity index (χ2v) is 10.0. The van der Waals surface area contributed by atoms with Gasteiger partial charge in [0.25, 0.3) is 0 Å². The zero-order chi connectivity index (χ0) is 24.5. The Bertz CT molecular complexity index is 1090. The lowest BCUT2D eigenvalue weighted by Crippen LogP contribution is -2.51. The minimum Gasteiger partial charge on any atom is -0.481 e. The molecule has 0 aromatic heterocycles. The van der Waals surface area contributed by atoms with Crippen LogP contribution in [0.25, 0.3) is 11.1 Å². The molecular weight excluding hydrogens is 444 g/mol. The lowest BCUT2D eigenvalue weighted by atomic mass is 9.89. The van der Waals surface area contributed by atoms with E-state index in [-0.39, 0.29) is 36.4 Å². The second kappa shape index (κ2) is 9.72. The van der Waals surface area contributed by atoms with Gasteiger partial charge in [0.05, 0.1) is 5.92 Å². The molecule has 2 amide bonds. The molecule has 1 saturated carbocycles. The van der Waals surface area contributed by atoms with E-state index in [2.05, 4.69) is 29.6 Å². The van der Waals surface area contributed by atoms with Gasteiger partial charge in [-0.05, 0) is 61.3 Å². The molecule has 2 aromatic carbocycles. The molecule has 2 aliphatic carbocycles. The second-order valence-electron chi connectivity index (χ2n) is 10.0. The highest BCUT2D eigenvalue weighted by Crippen LogP contribution is 2.44. The van der Waals surface area contributed by atoms with Crippen molar-refractivity contribution in [2.24, 2.45) is 11.8 Å². The van der Waals surface area contributed by atoms with Gasteiger partial charge in [-0.2, -0.15) is 0 Å². The number of aliphatic carboxylic acids is 1. The molecule has 1 aliphatic heterocycles. The molecule has 0 bridgehead atoms. The molecule has 2 aromatic rings. The Kier molecular flexibility index (Phi) is 6.50. The van der Waals surface area contributed by atoms with Crippen molar-refractivity contribution in [3.8, 4) is 11.1 Å². The van der Waals surface area contributed by atoms with Gasteiger partial charge in [-0.1, -0.05) is 48.5 Å². The molecule has 0 spiro atoms. The van der Waals surface area contributed by atoms with Gasteiger partial charge in [-0.15, -0.1) is 0 Å². The Balaban J connectivity index is 1.15. The number of benzene rings is 2. The van der Waals surface area contributed by atoms with Gasteiger partial charge in [0.2, 0.25) is 5.91 Å². The normalized spacial score (nSPS) is 25.6. The highest BCUT2D eigenvalue weighted by Gasteiger charge is 2.40. The van der Waals surface area contributed by atoms with Gasteiger partial charge < -0.3 is 20.1 Å². The number of ether oxygens (including phenoxy) is 1. The lowest BCUT2D eigenvalue weighted by Gasteiger charge is -2.38. The average Bonchev–Trinajstić information content (AvgIpc) is 3.45. The lowest BCUT2D eigenvalue weighted by molar-refractivity contribution is -0.150. The first-order valence-corrected chi connectivity index (χ1v) is 12.6. The highest BCUT2D eigenvalue weighted by molar-refractivity contribution is 5.81. The van der Waals surface area contributed by atoms with E-state index in [9.17, 15) is 19.5 Å². The van der Waals surface area contributed by atoms with Crippen molar-refractivity contribution in [2.45, 2.75) is 57.0 Å². The third-order valence-electron chi connectivity index (χ3n) is 8.04. The summed E-state index contributed by atoms with van der Waals surface area (Å²) in [6, 6.07) is 16.0. The Labute approximate surface area is 205 Å². The molecule has 3 aliphatic rings. The molecule has 35 heavy (non-hydrogen) atoms.